The number of hydrogen-bond acceptors (Lipinski definition) is 2. The van der Waals surface area contributed by atoms with Gasteiger partial charge in [0.2, 0.25) is 0 Å². The number of benzene rings is 1. The van der Waals surface area contributed by atoms with E-state index in [4.69, 9.17) is 10.5 Å². The zero-order valence-corrected chi connectivity index (χ0v) is 10.9. The van der Waals surface area contributed by atoms with E-state index in [2.05, 4.69) is 38.1 Å². The second kappa shape index (κ2) is 5.19. The summed E-state index contributed by atoms with van der Waals surface area (Å²) in [4.78, 5) is 0. The number of rotatable bonds is 3. The maximum absolute atomic E-state index is 6.46. The molecule has 1 aliphatic heterocycles. The second-order valence-electron chi connectivity index (χ2n) is 5.61. The van der Waals surface area contributed by atoms with Crippen LogP contribution in [0.5, 0.6) is 0 Å². The fourth-order valence-corrected chi connectivity index (χ4v) is 2.52. The van der Waals surface area contributed by atoms with Crippen molar-refractivity contribution in [2.45, 2.75) is 38.6 Å². The topological polar surface area (TPSA) is 35.2 Å². The fraction of sp³-hybridized carbons (Fsp3) is 0.600. The monoisotopic (exact) mass is 233 g/mol. The van der Waals surface area contributed by atoms with Crippen molar-refractivity contribution in [2.75, 3.05) is 13.2 Å². The van der Waals surface area contributed by atoms with Gasteiger partial charge in [-0.1, -0.05) is 38.1 Å². The first kappa shape index (κ1) is 12.6. The Balaban J connectivity index is 2.19. The molecule has 17 heavy (non-hydrogen) atoms. The number of ether oxygens (including phenoxy) is 1. The van der Waals surface area contributed by atoms with E-state index < -0.39 is 0 Å². The normalized spacial score (nSPS) is 25.2. The van der Waals surface area contributed by atoms with Crippen molar-refractivity contribution in [2.24, 2.45) is 11.7 Å². The molecule has 0 radical (unpaired) electrons. The first-order chi connectivity index (χ1) is 8.10. The molecule has 0 saturated carbocycles. The van der Waals surface area contributed by atoms with Crippen LogP contribution in [0.3, 0.4) is 0 Å². The number of hydrogen-bond donors (Lipinski definition) is 1. The molecule has 1 heterocycles. The Kier molecular flexibility index (Phi) is 3.85. The lowest BCUT2D eigenvalue weighted by Gasteiger charge is -2.34. The summed E-state index contributed by atoms with van der Waals surface area (Å²) in [5.41, 5.74) is 8.80. The molecule has 0 spiro atoms. The molecule has 2 heteroatoms. The fourth-order valence-electron chi connectivity index (χ4n) is 2.52. The second-order valence-corrected chi connectivity index (χ2v) is 5.61. The smallest absolute Gasteiger partial charge is 0.0688 e. The third-order valence-electron chi connectivity index (χ3n) is 3.42. The summed E-state index contributed by atoms with van der Waals surface area (Å²) in [7, 11) is 0. The highest BCUT2D eigenvalue weighted by Gasteiger charge is 2.30. The Morgan fingerprint density at radius 2 is 2.24 bits per heavy atom. The Morgan fingerprint density at radius 3 is 2.88 bits per heavy atom. The summed E-state index contributed by atoms with van der Waals surface area (Å²) in [5, 5.41) is 0. The van der Waals surface area contributed by atoms with Gasteiger partial charge >= 0.3 is 0 Å². The maximum atomic E-state index is 6.46. The molecular weight excluding hydrogens is 210 g/mol. The van der Waals surface area contributed by atoms with E-state index in [1.807, 2.05) is 0 Å². The van der Waals surface area contributed by atoms with Gasteiger partial charge < -0.3 is 10.5 Å². The van der Waals surface area contributed by atoms with Crippen molar-refractivity contribution in [3.05, 3.63) is 35.4 Å². The molecular formula is C15H23NO. The molecule has 0 amide bonds. The van der Waals surface area contributed by atoms with Gasteiger partial charge in [0.15, 0.2) is 0 Å². The lowest BCUT2D eigenvalue weighted by molar-refractivity contribution is 0.0366. The number of nitrogens with two attached hydrogens (primary N) is 1. The third-order valence-corrected chi connectivity index (χ3v) is 3.42. The largest absolute Gasteiger partial charge is 0.379 e. The Hall–Kier alpha value is -0.860. The summed E-state index contributed by atoms with van der Waals surface area (Å²) in [6.45, 7) is 5.99. The molecule has 1 unspecified atom stereocenters. The van der Waals surface area contributed by atoms with E-state index in [9.17, 15) is 0 Å². The predicted octanol–water partition coefficient (Wildman–Crippen LogP) is 2.85. The van der Waals surface area contributed by atoms with Crippen LogP contribution in [0.25, 0.3) is 0 Å². The molecule has 2 N–H and O–H groups in total. The van der Waals surface area contributed by atoms with Crippen LogP contribution in [-0.2, 0) is 16.7 Å². The van der Waals surface area contributed by atoms with E-state index in [1.54, 1.807) is 0 Å². The van der Waals surface area contributed by atoms with Gasteiger partial charge in [-0.25, -0.2) is 0 Å². The van der Waals surface area contributed by atoms with E-state index in [1.165, 1.54) is 11.1 Å². The minimum Gasteiger partial charge on any atom is -0.379 e. The van der Waals surface area contributed by atoms with Crippen LogP contribution in [0, 0.1) is 5.92 Å². The van der Waals surface area contributed by atoms with Gasteiger partial charge in [-0.05, 0) is 36.3 Å². The molecule has 0 aromatic heterocycles. The SMILES string of the molecule is CC(C)Cc1cccc(C2(N)CCCOC2)c1. The van der Waals surface area contributed by atoms with Crippen molar-refractivity contribution in [3.8, 4) is 0 Å². The zero-order valence-electron chi connectivity index (χ0n) is 10.9. The highest BCUT2D eigenvalue weighted by Crippen LogP contribution is 2.28. The van der Waals surface area contributed by atoms with Gasteiger partial charge in [0.1, 0.15) is 0 Å². The Bertz CT molecular complexity index is 367. The summed E-state index contributed by atoms with van der Waals surface area (Å²) in [6, 6.07) is 8.71. The van der Waals surface area contributed by atoms with E-state index >= 15 is 0 Å². The highest BCUT2D eigenvalue weighted by atomic mass is 16.5. The predicted molar refractivity (Wildman–Crippen MR) is 70.9 cm³/mol. The van der Waals surface area contributed by atoms with Crippen molar-refractivity contribution in [3.63, 3.8) is 0 Å². The molecule has 1 atom stereocenters. The standard InChI is InChI=1S/C15H23NO/c1-12(2)9-13-5-3-6-14(10-13)15(16)7-4-8-17-11-15/h3,5-6,10,12H,4,7-9,11,16H2,1-2H3. The molecule has 1 fully saturated rings. The minimum absolute atomic E-state index is 0.273. The van der Waals surface area contributed by atoms with Gasteiger partial charge in [-0.2, -0.15) is 0 Å². The van der Waals surface area contributed by atoms with Crippen LogP contribution in [0.2, 0.25) is 0 Å². The molecule has 1 aromatic carbocycles. The lowest BCUT2D eigenvalue weighted by atomic mass is 9.84. The Morgan fingerprint density at radius 1 is 1.41 bits per heavy atom. The molecule has 1 aromatic rings. The van der Waals surface area contributed by atoms with Crippen LogP contribution in [-0.4, -0.2) is 13.2 Å². The molecule has 2 nitrogen and oxygen atoms in total. The summed E-state index contributed by atoms with van der Waals surface area (Å²) < 4.78 is 5.54. The van der Waals surface area contributed by atoms with Crippen LogP contribution in [0.4, 0.5) is 0 Å². The van der Waals surface area contributed by atoms with E-state index in [0.717, 1.165) is 25.9 Å². The first-order valence-corrected chi connectivity index (χ1v) is 6.56. The molecule has 0 bridgehead atoms. The van der Waals surface area contributed by atoms with Crippen LogP contribution in [0.1, 0.15) is 37.8 Å². The quantitative estimate of drug-likeness (QED) is 0.871. The maximum Gasteiger partial charge on any atom is 0.0688 e. The van der Waals surface area contributed by atoms with Gasteiger partial charge in [0.25, 0.3) is 0 Å². The summed E-state index contributed by atoms with van der Waals surface area (Å²) >= 11 is 0. The molecule has 94 valence electrons. The summed E-state index contributed by atoms with van der Waals surface area (Å²) in [5.74, 6) is 0.682. The van der Waals surface area contributed by atoms with Gasteiger partial charge in [0, 0.05) is 6.61 Å². The molecule has 1 aliphatic rings. The molecule has 1 saturated heterocycles. The van der Waals surface area contributed by atoms with Crippen LogP contribution >= 0.6 is 0 Å². The minimum atomic E-state index is -0.273. The van der Waals surface area contributed by atoms with E-state index in [0.29, 0.717) is 12.5 Å². The van der Waals surface area contributed by atoms with Crippen molar-refractivity contribution >= 4 is 0 Å². The summed E-state index contributed by atoms with van der Waals surface area (Å²) in [6.07, 6.45) is 3.20. The average molecular weight is 233 g/mol. The highest BCUT2D eigenvalue weighted by molar-refractivity contribution is 5.30. The Labute approximate surface area is 104 Å². The lowest BCUT2D eigenvalue weighted by Crippen LogP contribution is -2.44. The molecule has 0 aliphatic carbocycles. The van der Waals surface area contributed by atoms with Crippen molar-refractivity contribution in [1.29, 1.82) is 0 Å². The first-order valence-electron chi connectivity index (χ1n) is 6.56. The molecule has 2 rings (SSSR count). The van der Waals surface area contributed by atoms with Crippen LogP contribution in [0.15, 0.2) is 24.3 Å². The van der Waals surface area contributed by atoms with Gasteiger partial charge in [0.05, 0.1) is 12.1 Å². The third kappa shape index (κ3) is 3.08. The van der Waals surface area contributed by atoms with Gasteiger partial charge in [-0.15, -0.1) is 0 Å². The van der Waals surface area contributed by atoms with Crippen LogP contribution < -0.4 is 5.73 Å². The van der Waals surface area contributed by atoms with Gasteiger partial charge in [-0.3, -0.25) is 0 Å². The average Bonchev–Trinajstić information content (AvgIpc) is 2.29. The van der Waals surface area contributed by atoms with E-state index in [-0.39, 0.29) is 5.54 Å². The van der Waals surface area contributed by atoms with Crippen molar-refractivity contribution < 1.29 is 4.74 Å². The van der Waals surface area contributed by atoms with Crippen molar-refractivity contribution in [1.82, 2.24) is 0 Å². The zero-order chi connectivity index (χ0) is 12.3.